The van der Waals surface area contributed by atoms with Gasteiger partial charge >= 0.3 is 0 Å². The van der Waals surface area contributed by atoms with Crippen molar-refractivity contribution in [1.29, 1.82) is 0 Å². The maximum absolute atomic E-state index is 11.1. The number of unbranched alkanes of at least 4 members (excludes halogenated alkanes) is 1. The molecule has 0 aliphatic carbocycles. The van der Waals surface area contributed by atoms with Gasteiger partial charge in [0.2, 0.25) is 0 Å². The van der Waals surface area contributed by atoms with Crippen molar-refractivity contribution >= 4 is 15.8 Å². The molecule has 0 saturated heterocycles. The van der Waals surface area contributed by atoms with Crippen LogP contribution >= 0.6 is 0 Å². The van der Waals surface area contributed by atoms with Gasteiger partial charge in [0, 0.05) is 5.69 Å². The van der Waals surface area contributed by atoms with E-state index in [0.29, 0.717) is 12.1 Å². The smallest absolute Gasteiger partial charge is 0.286 e. The second-order valence-corrected chi connectivity index (χ2v) is 5.26. The van der Waals surface area contributed by atoms with Crippen molar-refractivity contribution in [2.24, 2.45) is 0 Å². The molecular formula is C11H17NO3S. The molecule has 0 aliphatic rings. The van der Waals surface area contributed by atoms with Gasteiger partial charge in [0.05, 0.1) is 0 Å². The van der Waals surface area contributed by atoms with E-state index < -0.39 is 15.5 Å². The average molecular weight is 243 g/mol. The zero-order valence-corrected chi connectivity index (χ0v) is 10.1. The molecule has 0 amide bonds. The van der Waals surface area contributed by atoms with Gasteiger partial charge in [-0.1, -0.05) is 38.0 Å². The molecule has 4 nitrogen and oxygen atoms in total. The third-order valence-corrected chi connectivity index (χ3v) is 3.35. The summed E-state index contributed by atoms with van der Waals surface area (Å²) in [5.41, 5.74) is 0.696. The maximum atomic E-state index is 11.1. The summed E-state index contributed by atoms with van der Waals surface area (Å²) in [7, 11) is -4.05. The molecule has 0 fully saturated rings. The summed E-state index contributed by atoms with van der Waals surface area (Å²) < 4.78 is 31.3. The van der Waals surface area contributed by atoms with Crippen molar-refractivity contribution in [2.75, 3.05) is 5.32 Å². The largest absolute Gasteiger partial charge is 0.367 e. The molecule has 16 heavy (non-hydrogen) atoms. The van der Waals surface area contributed by atoms with Crippen LogP contribution in [0.4, 0.5) is 5.69 Å². The Morgan fingerprint density at radius 2 is 1.94 bits per heavy atom. The van der Waals surface area contributed by atoms with Gasteiger partial charge in [-0.15, -0.1) is 0 Å². The minimum Gasteiger partial charge on any atom is -0.367 e. The summed E-state index contributed by atoms with van der Waals surface area (Å²) in [5, 5.41) is 1.89. The highest BCUT2D eigenvalue weighted by molar-refractivity contribution is 7.86. The lowest BCUT2D eigenvalue weighted by Crippen LogP contribution is -2.29. The molecule has 0 bridgehead atoms. The summed E-state index contributed by atoms with van der Waals surface area (Å²) in [5.74, 6) is 0. The standard InChI is InChI=1S/C11H17NO3S/c1-2-3-9-11(16(13,14)15)12-10-7-5-4-6-8-10/h4-8,11-12H,2-3,9H2,1H3,(H,13,14,15). The molecule has 1 atom stereocenters. The normalized spacial score (nSPS) is 13.4. The quantitative estimate of drug-likeness (QED) is 0.753. The van der Waals surface area contributed by atoms with Crippen LogP contribution in [0, 0.1) is 0 Å². The minimum atomic E-state index is -4.05. The minimum absolute atomic E-state index is 0.407. The summed E-state index contributed by atoms with van der Waals surface area (Å²) >= 11 is 0. The Kier molecular flexibility index (Phi) is 4.76. The zero-order valence-electron chi connectivity index (χ0n) is 9.26. The van der Waals surface area contributed by atoms with Crippen LogP contribution in [0.1, 0.15) is 26.2 Å². The summed E-state index contributed by atoms with van der Waals surface area (Å²) in [6, 6.07) is 9.00. The fourth-order valence-electron chi connectivity index (χ4n) is 1.41. The second-order valence-electron chi connectivity index (χ2n) is 3.66. The van der Waals surface area contributed by atoms with Crippen LogP contribution < -0.4 is 5.32 Å². The lowest BCUT2D eigenvalue weighted by Gasteiger charge is -2.16. The van der Waals surface area contributed by atoms with Crippen molar-refractivity contribution in [3.8, 4) is 0 Å². The molecule has 90 valence electrons. The Balaban J connectivity index is 2.72. The van der Waals surface area contributed by atoms with E-state index in [-0.39, 0.29) is 0 Å². The maximum Gasteiger partial charge on any atom is 0.286 e. The number of rotatable bonds is 6. The molecule has 1 aromatic carbocycles. The predicted molar refractivity (Wildman–Crippen MR) is 64.9 cm³/mol. The Bertz CT molecular complexity index is 402. The zero-order chi connectivity index (χ0) is 12.0. The molecule has 1 unspecified atom stereocenters. The predicted octanol–water partition coefficient (Wildman–Crippen LogP) is 2.50. The van der Waals surface area contributed by atoms with Gasteiger partial charge in [0.15, 0.2) is 5.37 Å². The highest BCUT2D eigenvalue weighted by atomic mass is 32.2. The summed E-state index contributed by atoms with van der Waals surface area (Å²) in [6.45, 7) is 1.98. The first-order chi connectivity index (χ1) is 7.54. The van der Waals surface area contributed by atoms with Crippen LogP contribution in [0.3, 0.4) is 0 Å². The van der Waals surface area contributed by atoms with Crippen molar-refractivity contribution in [3.05, 3.63) is 30.3 Å². The number of anilines is 1. The number of benzene rings is 1. The van der Waals surface area contributed by atoms with Gasteiger partial charge in [0.25, 0.3) is 10.1 Å². The van der Waals surface area contributed by atoms with Crippen LogP contribution in [0.15, 0.2) is 30.3 Å². The molecule has 1 aromatic rings. The summed E-state index contributed by atoms with van der Waals surface area (Å²) in [6.07, 6.45) is 2.05. The van der Waals surface area contributed by atoms with Gasteiger partial charge in [0.1, 0.15) is 0 Å². The number of hydrogen-bond donors (Lipinski definition) is 2. The molecule has 0 saturated carbocycles. The van der Waals surface area contributed by atoms with Crippen molar-refractivity contribution in [1.82, 2.24) is 0 Å². The monoisotopic (exact) mass is 243 g/mol. The lowest BCUT2D eigenvalue weighted by atomic mass is 10.2. The third kappa shape index (κ3) is 4.20. The molecular weight excluding hydrogens is 226 g/mol. The van der Waals surface area contributed by atoms with E-state index in [2.05, 4.69) is 5.32 Å². The van der Waals surface area contributed by atoms with Crippen LogP contribution in [0.25, 0.3) is 0 Å². The number of nitrogens with one attached hydrogen (secondary N) is 1. The van der Waals surface area contributed by atoms with Gasteiger partial charge < -0.3 is 5.32 Å². The highest BCUT2D eigenvalue weighted by Crippen LogP contribution is 2.14. The molecule has 0 heterocycles. The SMILES string of the molecule is CCCCC(Nc1ccccc1)S(=O)(=O)O. The Morgan fingerprint density at radius 1 is 1.31 bits per heavy atom. The molecule has 2 N–H and O–H groups in total. The average Bonchev–Trinajstić information content (AvgIpc) is 2.24. The molecule has 1 rings (SSSR count). The molecule has 0 aliphatic heterocycles. The van der Waals surface area contributed by atoms with E-state index in [1.807, 2.05) is 25.1 Å². The van der Waals surface area contributed by atoms with E-state index in [0.717, 1.165) is 12.8 Å². The Morgan fingerprint density at radius 3 is 2.44 bits per heavy atom. The summed E-state index contributed by atoms with van der Waals surface area (Å²) in [4.78, 5) is 0. The van der Waals surface area contributed by atoms with Crippen molar-refractivity contribution < 1.29 is 13.0 Å². The van der Waals surface area contributed by atoms with E-state index in [9.17, 15) is 8.42 Å². The molecule has 0 spiro atoms. The first-order valence-electron chi connectivity index (χ1n) is 5.32. The van der Waals surface area contributed by atoms with Gasteiger partial charge in [-0.2, -0.15) is 8.42 Å². The number of para-hydroxylation sites is 1. The van der Waals surface area contributed by atoms with Gasteiger partial charge in [-0.3, -0.25) is 4.55 Å². The van der Waals surface area contributed by atoms with Crippen LogP contribution in [0.5, 0.6) is 0 Å². The fraction of sp³-hybridized carbons (Fsp3) is 0.455. The molecule has 5 heteroatoms. The Hall–Kier alpha value is -1.07. The highest BCUT2D eigenvalue weighted by Gasteiger charge is 2.21. The van der Waals surface area contributed by atoms with Crippen molar-refractivity contribution in [3.63, 3.8) is 0 Å². The van der Waals surface area contributed by atoms with E-state index in [1.165, 1.54) is 0 Å². The van der Waals surface area contributed by atoms with Crippen LogP contribution in [-0.2, 0) is 10.1 Å². The van der Waals surface area contributed by atoms with Crippen molar-refractivity contribution in [2.45, 2.75) is 31.6 Å². The number of hydrogen-bond acceptors (Lipinski definition) is 3. The second kappa shape index (κ2) is 5.86. The van der Waals surface area contributed by atoms with Crippen LogP contribution in [0.2, 0.25) is 0 Å². The fourth-order valence-corrected chi connectivity index (χ4v) is 2.15. The van der Waals surface area contributed by atoms with E-state index in [1.54, 1.807) is 12.1 Å². The van der Waals surface area contributed by atoms with Crippen LogP contribution in [-0.4, -0.2) is 18.3 Å². The first-order valence-corrected chi connectivity index (χ1v) is 6.82. The lowest BCUT2D eigenvalue weighted by molar-refractivity contribution is 0.465. The van der Waals surface area contributed by atoms with Gasteiger partial charge in [-0.25, -0.2) is 0 Å². The topological polar surface area (TPSA) is 66.4 Å². The van der Waals surface area contributed by atoms with Gasteiger partial charge in [-0.05, 0) is 18.6 Å². The molecule has 0 aromatic heterocycles. The molecule has 0 radical (unpaired) electrons. The van der Waals surface area contributed by atoms with E-state index >= 15 is 0 Å². The van der Waals surface area contributed by atoms with E-state index in [4.69, 9.17) is 4.55 Å². The first kappa shape index (κ1) is 13.0. The third-order valence-electron chi connectivity index (χ3n) is 2.28. The Labute approximate surface area is 96.4 Å².